The number of benzene rings is 1. The minimum Gasteiger partial charge on any atom is -0.258 e. The number of hydrogen-bond acceptors (Lipinski definition) is 2. The Morgan fingerprint density at radius 2 is 2.21 bits per heavy atom. The fraction of sp³-hybridized carbons (Fsp3) is 0.273. The van der Waals surface area contributed by atoms with E-state index in [0.29, 0.717) is 5.56 Å². The fourth-order valence-corrected chi connectivity index (χ4v) is 1.31. The number of nitro groups is 1. The van der Waals surface area contributed by atoms with Crippen LogP contribution >= 0.6 is 0 Å². The van der Waals surface area contributed by atoms with E-state index in [1.165, 1.54) is 6.07 Å². The summed E-state index contributed by atoms with van der Waals surface area (Å²) in [7, 11) is 0. The highest BCUT2D eigenvalue weighted by molar-refractivity contribution is 5.41. The van der Waals surface area contributed by atoms with Gasteiger partial charge in [-0.25, -0.2) is 0 Å². The number of nitro benzene ring substituents is 1. The van der Waals surface area contributed by atoms with E-state index in [1.807, 2.05) is 13.0 Å². The Morgan fingerprint density at radius 1 is 1.50 bits per heavy atom. The number of hydrogen-bond donors (Lipinski definition) is 0. The van der Waals surface area contributed by atoms with Crippen LogP contribution in [0.1, 0.15) is 24.5 Å². The second-order valence-electron chi connectivity index (χ2n) is 3.07. The van der Waals surface area contributed by atoms with E-state index < -0.39 is 0 Å². The molecule has 0 bridgehead atoms. The van der Waals surface area contributed by atoms with Gasteiger partial charge in [0.15, 0.2) is 0 Å². The van der Waals surface area contributed by atoms with E-state index in [9.17, 15) is 10.1 Å². The maximum atomic E-state index is 10.6. The maximum absolute atomic E-state index is 10.6. The van der Waals surface area contributed by atoms with Crippen molar-refractivity contribution in [1.82, 2.24) is 0 Å². The lowest BCUT2D eigenvalue weighted by Gasteiger charge is -2.00. The lowest BCUT2D eigenvalue weighted by atomic mass is 10.1. The molecular formula is C11H12NO2. The van der Waals surface area contributed by atoms with Gasteiger partial charge < -0.3 is 0 Å². The van der Waals surface area contributed by atoms with Gasteiger partial charge in [-0.2, -0.15) is 0 Å². The van der Waals surface area contributed by atoms with Crippen LogP contribution in [0.15, 0.2) is 24.8 Å². The number of rotatable bonds is 4. The lowest BCUT2D eigenvalue weighted by molar-refractivity contribution is -0.384. The molecule has 0 saturated carbocycles. The molecule has 0 spiro atoms. The van der Waals surface area contributed by atoms with Crippen molar-refractivity contribution in [3.63, 3.8) is 0 Å². The summed E-state index contributed by atoms with van der Waals surface area (Å²) < 4.78 is 0. The highest BCUT2D eigenvalue weighted by Gasteiger charge is 2.07. The molecule has 0 atom stereocenters. The highest BCUT2D eigenvalue weighted by Crippen LogP contribution is 2.18. The van der Waals surface area contributed by atoms with Crippen LogP contribution in [0.4, 0.5) is 5.69 Å². The van der Waals surface area contributed by atoms with Gasteiger partial charge in [-0.3, -0.25) is 10.1 Å². The molecule has 0 aliphatic carbocycles. The monoisotopic (exact) mass is 190 g/mol. The molecule has 3 nitrogen and oxygen atoms in total. The highest BCUT2D eigenvalue weighted by atomic mass is 16.6. The molecule has 0 heterocycles. The summed E-state index contributed by atoms with van der Waals surface area (Å²) in [4.78, 5) is 10.2. The fourth-order valence-electron chi connectivity index (χ4n) is 1.31. The standard InChI is InChI=1S/C11H12NO2/c1-3-5-10-6-9(4-2)7-11(8-10)12(13)14/h6-8H,2-3,5H2,1H3. The molecule has 0 N–H and O–H groups in total. The van der Waals surface area contributed by atoms with Crippen molar-refractivity contribution in [3.05, 3.63) is 52.1 Å². The molecule has 3 heteroatoms. The van der Waals surface area contributed by atoms with Crippen LogP contribution in [0.2, 0.25) is 0 Å². The molecule has 73 valence electrons. The van der Waals surface area contributed by atoms with Crippen molar-refractivity contribution in [1.29, 1.82) is 0 Å². The molecule has 0 aliphatic heterocycles. The van der Waals surface area contributed by atoms with E-state index in [0.717, 1.165) is 18.4 Å². The first kappa shape index (κ1) is 10.4. The Bertz CT molecular complexity index is 358. The van der Waals surface area contributed by atoms with Crippen molar-refractivity contribution in [2.24, 2.45) is 0 Å². The van der Waals surface area contributed by atoms with E-state index in [2.05, 4.69) is 12.7 Å². The lowest BCUT2D eigenvalue weighted by Crippen LogP contribution is -1.92. The number of nitrogens with zero attached hydrogens (tertiary/aromatic N) is 1. The Hall–Kier alpha value is -1.64. The first-order valence-electron chi connectivity index (χ1n) is 4.49. The third-order valence-corrected chi connectivity index (χ3v) is 1.93. The molecule has 1 radical (unpaired) electrons. The smallest absolute Gasteiger partial charge is 0.258 e. The predicted octanol–water partition coefficient (Wildman–Crippen LogP) is 2.88. The zero-order valence-electron chi connectivity index (χ0n) is 8.12. The molecule has 0 fully saturated rings. The van der Waals surface area contributed by atoms with E-state index in [1.54, 1.807) is 6.07 Å². The molecular weight excluding hydrogens is 178 g/mol. The molecule has 1 aromatic carbocycles. The second-order valence-corrected chi connectivity index (χ2v) is 3.07. The van der Waals surface area contributed by atoms with Gasteiger partial charge in [0.1, 0.15) is 0 Å². The van der Waals surface area contributed by atoms with Crippen LogP contribution in [0.5, 0.6) is 0 Å². The number of aryl methyl sites for hydroxylation is 1. The normalized spacial score (nSPS) is 9.79. The van der Waals surface area contributed by atoms with Crippen LogP contribution in [0, 0.1) is 16.2 Å². The van der Waals surface area contributed by atoms with Gasteiger partial charge in [0.2, 0.25) is 0 Å². The quantitative estimate of drug-likeness (QED) is 0.541. The second kappa shape index (κ2) is 4.56. The summed E-state index contributed by atoms with van der Waals surface area (Å²) in [6, 6.07) is 4.96. The van der Waals surface area contributed by atoms with Gasteiger partial charge in [-0.05, 0) is 23.6 Å². The minimum atomic E-state index is -0.389. The SMILES string of the molecule is C=[C]c1cc(CCC)cc([N+](=O)[O-])c1. The molecule has 0 aliphatic rings. The van der Waals surface area contributed by atoms with Crippen molar-refractivity contribution < 1.29 is 4.92 Å². The van der Waals surface area contributed by atoms with Crippen molar-refractivity contribution in [3.8, 4) is 0 Å². The average molecular weight is 190 g/mol. The van der Waals surface area contributed by atoms with Crippen LogP contribution in [-0.4, -0.2) is 4.92 Å². The molecule has 0 amide bonds. The van der Waals surface area contributed by atoms with Gasteiger partial charge in [-0.1, -0.05) is 26.0 Å². The zero-order chi connectivity index (χ0) is 10.6. The predicted molar refractivity (Wildman–Crippen MR) is 55.1 cm³/mol. The van der Waals surface area contributed by atoms with Gasteiger partial charge in [-0.15, -0.1) is 0 Å². The summed E-state index contributed by atoms with van der Waals surface area (Å²) in [5.74, 6) is 0. The summed E-state index contributed by atoms with van der Waals surface area (Å²) in [6.07, 6.45) is 4.48. The largest absolute Gasteiger partial charge is 0.270 e. The van der Waals surface area contributed by atoms with Crippen LogP contribution in [0.3, 0.4) is 0 Å². The Kier molecular flexibility index (Phi) is 3.40. The molecule has 1 rings (SSSR count). The third kappa shape index (κ3) is 2.42. The van der Waals surface area contributed by atoms with Gasteiger partial charge in [0.05, 0.1) is 4.92 Å². The Labute approximate surface area is 83.2 Å². The summed E-state index contributed by atoms with van der Waals surface area (Å²) in [5, 5.41) is 10.6. The molecule has 1 aromatic rings. The zero-order valence-corrected chi connectivity index (χ0v) is 8.12. The average Bonchev–Trinajstić information content (AvgIpc) is 2.17. The number of non-ortho nitro benzene ring substituents is 1. The first-order valence-corrected chi connectivity index (χ1v) is 4.49. The topological polar surface area (TPSA) is 43.1 Å². The van der Waals surface area contributed by atoms with E-state index in [-0.39, 0.29) is 10.6 Å². The Morgan fingerprint density at radius 3 is 2.71 bits per heavy atom. The summed E-state index contributed by atoms with van der Waals surface area (Å²) in [6.45, 7) is 5.52. The van der Waals surface area contributed by atoms with Crippen molar-refractivity contribution in [2.75, 3.05) is 0 Å². The Balaban J connectivity index is 3.12. The van der Waals surface area contributed by atoms with Gasteiger partial charge in [0, 0.05) is 12.1 Å². The van der Waals surface area contributed by atoms with Crippen molar-refractivity contribution >= 4 is 5.69 Å². The molecule has 0 aromatic heterocycles. The van der Waals surface area contributed by atoms with Crippen LogP contribution in [0.25, 0.3) is 0 Å². The first-order chi connectivity index (χ1) is 6.67. The van der Waals surface area contributed by atoms with E-state index >= 15 is 0 Å². The molecule has 14 heavy (non-hydrogen) atoms. The van der Waals surface area contributed by atoms with Gasteiger partial charge in [0.25, 0.3) is 5.69 Å². The minimum absolute atomic E-state index is 0.113. The third-order valence-electron chi connectivity index (χ3n) is 1.93. The summed E-state index contributed by atoms with van der Waals surface area (Å²) >= 11 is 0. The maximum Gasteiger partial charge on any atom is 0.270 e. The molecule has 0 saturated heterocycles. The van der Waals surface area contributed by atoms with Crippen LogP contribution in [-0.2, 0) is 6.42 Å². The summed E-state index contributed by atoms with van der Waals surface area (Å²) in [5.41, 5.74) is 1.76. The van der Waals surface area contributed by atoms with Crippen LogP contribution < -0.4 is 0 Å². The molecule has 0 unspecified atom stereocenters. The van der Waals surface area contributed by atoms with E-state index in [4.69, 9.17) is 0 Å². The van der Waals surface area contributed by atoms with Crippen molar-refractivity contribution in [2.45, 2.75) is 19.8 Å². The van der Waals surface area contributed by atoms with Gasteiger partial charge >= 0.3 is 0 Å².